The van der Waals surface area contributed by atoms with Crippen molar-refractivity contribution in [2.45, 2.75) is 51.6 Å². The van der Waals surface area contributed by atoms with Gasteiger partial charge in [0.25, 0.3) is 5.91 Å². The predicted molar refractivity (Wildman–Crippen MR) is 125 cm³/mol. The summed E-state index contributed by atoms with van der Waals surface area (Å²) in [4.78, 5) is 12.1. The molecule has 0 aliphatic heterocycles. The molecule has 0 saturated heterocycles. The van der Waals surface area contributed by atoms with E-state index in [4.69, 9.17) is 4.74 Å². The smallest absolute Gasteiger partial charge is 0.251 e. The van der Waals surface area contributed by atoms with Gasteiger partial charge in [0.1, 0.15) is 17.7 Å². The lowest BCUT2D eigenvalue weighted by molar-refractivity contribution is 0.0963. The highest BCUT2D eigenvalue weighted by Gasteiger charge is 2.31. The number of hydrogen-bond acceptors (Lipinski definition) is 2. The molecule has 1 N–H and O–H groups in total. The first kappa shape index (κ1) is 20.7. The van der Waals surface area contributed by atoms with Crippen LogP contribution >= 0.6 is 0 Å². The average molecular weight is 430 g/mol. The van der Waals surface area contributed by atoms with E-state index in [1.165, 1.54) is 18.4 Å². The summed E-state index contributed by atoms with van der Waals surface area (Å²) in [5, 5.41) is 2.68. The molecule has 0 heterocycles. The molecule has 0 aromatic heterocycles. The molecule has 5 rings (SSSR count). The Hall–Kier alpha value is -3.14. The number of carbonyl (C=O) groups excluding carboxylic acids is 1. The topological polar surface area (TPSA) is 38.3 Å². The van der Waals surface area contributed by atoms with Crippen LogP contribution in [0.4, 0.5) is 4.39 Å². The van der Waals surface area contributed by atoms with Crippen molar-refractivity contribution < 1.29 is 13.9 Å². The van der Waals surface area contributed by atoms with Crippen LogP contribution in [0.1, 0.15) is 69.5 Å². The van der Waals surface area contributed by atoms with Gasteiger partial charge in [-0.1, -0.05) is 18.2 Å². The molecule has 1 unspecified atom stereocenters. The minimum Gasteiger partial charge on any atom is -0.486 e. The van der Waals surface area contributed by atoms with Crippen molar-refractivity contribution in [3.05, 3.63) is 87.7 Å². The molecule has 1 fully saturated rings. The molecule has 164 valence electrons. The second kappa shape index (κ2) is 8.09. The second-order valence-electron chi connectivity index (χ2n) is 9.04. The summed E-state index contributed by atoms with van der Waals surface area (Å²) in [6.07, 6.45) is 3.77. The molecule has 1 amide bonds. The summed E-state index contributed by atoms with van der Waals surface area (Å²) in [5.74, 6) is 1.18. The van der Waals surface area contributed by atoms with Crippen molar-refractivity contribution in [3.63, 3.8) is 0 Å². The molecule has 0 radical (unpaired) electrons. The molecular weight excluding hydrogens is 401 g/mol. The highest BCUT2D eigenvalue weighted by Crippen LogP contribution is 2.44. The summed E-state index contributed by atoms with van der Waals surface area (Å²) in [5.41, 5.74) is 7.82. The van der Waals surface area contributed by atoms with Gasteiger partial charge in [0.05, 0.1) is 0 Å². The Morgan fingerprint density at radius 3 is 2.31 bits per heavy atom. The summed E-state index contributed by atoms with van der Waals surface area (Å²) in [6, 6.07) is 15.5. The molecule has 0 bridgehead atoms. The molecule has 3 aromatic carbocycles. The Kier molecular flexibility index (Phi) is 5.24. The highest BCUT2D eigenvalue weighted by molar-refractivity contribution is 5.95. The normalized spacial score (nSPS) is 17.2. The number of amides is 1. The van der Waals surface area contributed by atoms with Crippen LogP contribution in [0, 0.1) is 19.7 Å². The lowest BCUT2D eigenvalue weighted by Gasteiger charge is -2.19. The van der Waals surface area contributed by atoms with Gasteiger partial charge in [-0.05, 0) is 109 Å². The molecule has 3 nitrogen and oxygen atoms in total. The lowest BCUT2D eigenvalue weighted by atomic mass is 9.89. The Bertz CT molecular complexity index is 1170. The van der Waals surface area contributed by atoms with Gasteiger partial charge in [-0.3, -0.25) is 4.79 Å². The summed E-state index contributed by atoms with van der Waals surface area (Å²) < 4.78 is 21.3. The van der Waals surface area contributed by atoms with Gasteiger partial charge in [0.15, 0.2) is 0 Å². The van der Waals surface area contributed by atoms with Crippen LogP contribution in [-0.4, -0.2) is 13.0 Å². The van der Waals surface area contributed by atoms with Crippen molar-refractivity contribution in [3.8, 4) is 16.9 Å². The summed E-state index contributed by atoms with van der Waals surface area (Å²) in [6.45, 7) is 4.02. The molecule has 1 atom stereocenters. The summed E-state index contributed by atoms with van der Waals surface area (Å²) in [7, 11) is 1.63. The van der Waals surface area contributed by atoms with Crippen LogP contribution in [0.15, 0.2) is 48.5 Å². The van der Waals surface area contributed by atoms with E-state index in [1.807, 2.05) is 44.2 Å². The van der Waals surface area contributed by atoms with E-state index in [-0.39, 0.29) is 17.8 Å². The third-order valence-corrected chi connectivity index (χ3v) is 6.78. The molecular formula is C28H28FNO2. The van der Waals surface area contributed by atoms with Crippen molar-refractivity contribution in [1.29, 1.82) is 0 Å². The number of aryl methyl sites for hydroxylation is 2. The van der Waals surface area contributed by atoms with E-state index < -0.39 is 0 Å². The minimum atomic E-state index is -0.289. The third kappa shape index (κ3) is 3.68. The van der Waals surface area contributed by atoms with E-state index in [0.717, 1.165) is 46.4 Å². The van der Waals surface area contributed by atoms with Gasteiger partial charge in [0, 0.05) is 18.2 Å². The Morgan fingerprint density at radius 2 is 1.69 bits per heavy atom. The minimum absolute atomic E-state index is 0.103. The fourth-order valence-corrected chi connectivity index (χ4v) is 5.09. The van der Waals surface area contributed by atoms with E-state index in [2.05, 4.69) is 17.4 Å². The largest absolute Gasteiger partial charge is 0.486 e. The van der Waals surface area contributed by atoms with Crippen LogP contribution in [0.25, 0.3) is 11.1 Å². The molecule has 2 aliphatic carbocycles. The number of benzene rings is 3. The first-order valence-corrected chi connectivity index (χ1v) is 11.4. The number of halogens is 1. The van der Waals surface area contributed by atoms with Crippen molar-refractivity contribution in [2.75, 3.05) is 7.05 Å². The first-order chi connectivity index (χ1) is 15.5. The van der Waals surface area contributed by atoms with Gasteiger partial charge >= 0.3 is 0 Å². The molecule has 0 spiro atoms. The molecule has 3 aromatic rings. The van der Waals surface area contributed by atoms with Gasteiger partial charge < -0.3 is 10.1 Å². The quantitative estimate of drug-likeness (QED) is 0.509. The number of rotatable bonds is 5. The van der Waals surface area contributed by atoms with Gasteiger partial charge in [-0.15, -0.1) is 0 Å². The summed E-state index contributed by atoms with van der Waals surface area (Å²) >= 11 is 0. The van der Waals surface area contributed by atoms with E-state index >= 15 is 4.39 Å². The third-order valence-electron chi connectivity index (χ3n) is 6.78. The predicted octanol–water partition coefficient (Wildman–Crippen LogP) is 6.41. The van der Waals surface area contributed by atoms with E-state index in [0.29, 0.717) is 17.0 Å². The number of carbonyl (C=O) groups is 1. The van der Waals surface area contributed by atoms with Crippen LogP contribution in [0.3, 0.4) is 0 Å². The standard InChI is InChI=1S/C28H28FNO2/c1-16-14-20(28(31)30-3)15-17(2)26(16)22-10-12-24(29)27-23(22)11-13-25(27)32-21-8-6-19(7-9-21)18-4-5-18/h6-10,12,14-15,18,25H,4-5,11,13H2,1-3H3,(H,30,31). The van der Waals surface area contributed by atoms with Gasteiger partial charge in [-0.25, -0.2) is 4.39 Å². The molecule has 4 heteroatoms. The van der Waals surface area contributed by atoms with Crippen molar-refractivity contribution in [1.82, 2.24) is 5.32 Å². The SMILES string of the molecule is CNC(=O)c1cc(C)c(-c2ccc(F)c3c2CCC3Oc2ccc(C3CC3)cc2)c(C)c1. The number of ether oxygens (including phenoxy) is 1. The van der Waals surface area contributed by atoms with Gasteiger partial charge in [-0.2, -0.15) is 0 Å². The van der Waals surface area contributed by atoms with Crippen LogP contribution in [0.5, 0.6) is 5.75 Å². The maximum Gasteiger partial charge on any atom is 0.251 e. The van der Waals surface area contributed by atoms with Crippen molar-refractivity contribution >= 4 is 5.91 Å². The zero-order valence-electron chi connectivity index (χ0n) is 18.8. The average Bonchev–Trinajstić information content (AvgIpc) is 3.55. The molecule has 1 saturated carbocycles. The fraction of sp³-hybridized carbons (Fsp3) is 0.321. The van der Waals surface area contributed by atoms with Crippen molar-refractivity contribution in [2.24, 2.45) is 0 Å². The van der Waals surface area contributed by atoms with Crippen LogP contribution < -0.4 is 10.1 Å². The van der Waals surface area contributed by atoms with E-state index in [9.17, 15) is 4.79 Å². The Balaban J connectivity index is 1.49. The fourth-order valence-electron chi connectivity index (χ4n) is 5.09. The van der Waals surface area contributed by atoms with Crippen LogP contribution in [-0.2, 0) is 6.42 Å². The molecule has 2 aliphatic rings. The number of fused-ring (bicyclic) bond motifs is 1. The molecule has 32 heavy (non-hydrogen) atoms. The maximum atomic E-state index is 15.0. The zero-order chi connectivity index (χ0) is 22.4. The Morgan fingerprint density at radius 1 is 1.00 bits per heavy atom. The number of hydrogen-bond donors (Lipinski definition) is 1. The van der Waals surface area contributed by atoms with E-state index in [1.54, 1.807) is 13.1 Å². The zero-order valence-corrected chi connectivity index (χ0v) is 18.8. The Labute approximate surface area is 188 Å². The highest BCUT2D eigenvalue weighted by atomic mass is 19.1. The second-order valence-corrected chi connectivity index (χ2v) is 9.04. The first-order valence-electron chi connectivity index (χ1n) is 11.4. The lowest BCUT2D eigenvalue weighted by Crippen LogP contribution is -2.18. The monoisotopic (exact) mass is 429 g/mol. The number of nitrogens with one attached hydrogen (secondary N) is 1. The van der Waals surface area contributed by atoms with Gasteiger partial charge in [0.2, 0.25) is 0 Å². The maximum absolute atomic E-state index is 15.0. The van der Waals surface area contributed by atoms with Crippen LogP contribution in [0.2, 0.25) is 0 Å².